The van der Waals surface area contributed by atoms with Crippen molar-refractivity contribution in [1.29, 1.82) is 0 Å². The number of pyridine rings is 1. The van der Waals surface area contributed by atoms with Gasteiger partial charge in [0, 0.05) is 33.1 Å². The monoisotopic (exact) mass is 640 g/mol. The number of para-hydroxylation sites is 1. The van der Waals surface area contributed by atoms with Gasteiger partial charge in [0.15, 0.2) is 0 Å². The summed E-state index contributed by atoms with van der Waals surface area (Å²) in [6.07, 6.45) is 2.05. The van der Waals surface area contributed by atoms with Crippen LogP contribution in [-0.2, 0) is 0 Å². The molecule has 9 rings (SSSR count). The molecule has 0 bridgehead atoms. The fourth-order valence-corrected chi connectivity index (χ4v) is 7.17. The van der Waals surface area contributed by atoms with Gasteiger partial charge in [0.05, 0.1) is 11.0 Å². The Morgan fingerprint density at radius 1 is 0.444 bits per heavy atom. The molecule has 0 saturated carbocycles. The van der Waals surface area contributed by atoms with Crippen LogP contribution in [0.1, 0.15) is 0 Å². The lowest BCUT2D eigenvalue weighted by Gasteiger charge is -2.23. The maximum absolute atomic E-state index is 6.33. The summed E-state index contributed by atoms with van der Waals surface area (Å²) in [7, 11) is 0. The van der Waals surface area contributed by atoms with Crippen molar-refractivity contribution < 1.29 is 4.74 Å². The molecule has 0 fully saturated rings. The van der Waals surface area contributed by atoms with Crippen molar-refractivity contribution in [3.05, 3.63) is 156 Å². The lowest BCUT2D eigenvalue weighted by Crippen LogP contribution is -2.02. The molecular formula is C41H25BrN2O. The number of benzene rings is 6. The largest absolute Gasteiger partial charge is 0.457 e. The Labute approximate surface area is 269 Å². The average Bonchev–Trinajstić information content (AvgIpc) is 3.41. The maximum atomic E-state index is 6.33. The zero-order chi connectivity index (χ0) is 29.9. The van der Waals surface area contributed by atoms with Gasteiger partial charge in [-0.2, -0.15) is 0 Å². The number of ether oxygens (including phenoxy) is 1. The molecule has 212 valence electrons. The van der Waals surface area contributed by atoms with E-state index < -0.39 is 0 Å². The molecule has 0 unspecified atom stereocenters. The Bertz CT molecular complexity index is 2430. The molecule has 0 atom stereocenters. The third-order valence-electron chi connectivity index (χ3n) is 8.74. The highest BCUT2D eigenvalue weighted by Crippen LogP contribution is 2.48. The maximum Gasteiger partial charge on any atom is 0.138 e. The minimum absolute atomic E-state index is 0.770. The van der Waals surface area contributed by atoms with Crippen molar-refractivity contribution in [3.63, 3.8) is 0 Å². The van der Waals surface area contributed by atoms with Gasteiger partial charge < -0.3 is 4.74 Å². The van der Waals surface area contributed by atoms with Gasteiger partial charge in [-0.1, -0.05) is 113 Å². The summed E-state index contributed by atoms with van der Waals surface area (Å²) in [5.74, 6) is 2.41. The molecule has 2 heterocycles. The Morgan fingerprint density at radius 3 is 1.67 bits per heavy atom. The molecule has 1 aliphatic carbocycles. The van der Waals surface area contributed by atoms with Crippen LogP contribution in [0, 0.1) is 0 Å². The van der Waals surface area contributed by atoms with Crippen LogP contribution >= 0.6 is 15.9 Å². The highest BCUT2D eigenvalue weighted by molar-refractivity contribution is 9.10. The second kappa shape index (κ2) is 10.3. The first-order valence-electron chi connectivity index (χ1n) is 15.0. The molecule has 0 spiro atoms. The minimum Gasteiger partial charge on any atom is -0.457 e. The second-order valence-electron chi connectivity index (χ2n) is 11.3. The highest BCUT2D eigenvalue weighted by Gasteiger charge is 2.23. The summed E-state index contributed by atoms with van der Waals surface area (Å²) < 4.78 is 9.57. The molecule has 4 heteroatoms. The van der Waals surface area contributed by atoms with Crippen LogP contribution in [0.15, 0.2) is 156 Å². The summed E-state index contributed by atoms with van der Waals surface area (Å²) in [6.45, 7) is 0. The number of hydrogen-bond donors (Lipinski definition) is 0. The van der Waals surface area contributed by atoms with Gasteiger partial charge in [0.25, 0.3) is 0 Å². The van der Waals surface area contributed by atoms with Crippen LogP contribution in [0.5, 0.6) is 11.5 Å². The van der Waals surface area contributed by atoms with Crippen molar-refractivity contribution in [2.24, 2.45) is 0 Å². The number of rotatable bonds is 3. The molecule has 6 aromatic carbocycles. The summed E-state index contributed by atoms with van der Waals surface area (Å²) >= 11 is 3.56. The SMILES string of the molecule is Brc1cccc(Oc2ccc3c4ccccc4n(-c4cc5c(cn4)-c4ccccc4-c4ccccc4-c4ccccc4-5)c3c2)c1. The fourth-order valence-electron chi connectivity index (χ4n) is 6.79. The topological polar surface area (TPSA) is 27.1 Å². The number of aromatic nitrogens is 2. The van der Waals surface area contributed by atoms with Crippen LogP contribution in [0.3, 0.4) is 0 Å². The number of hydrogen-bond acceptors (Lipinski definition) is 2. The molecule has 1 aliphatic rings. The summed E-state index contributed by atoms with van der Waals surface area (Å²) in [4.78, 5) is 5.18. The predicted molar refractivity (Wildman–Crippen MR) is 188 cm³/mol. The van der Waals surface area contributed by atoms with Crippen LogP contribution in [0.2, 0.25) is 0 Å². The van der Waals surface area contributed by atoms with Crippen molar-refractivity contribution >= 4 is 37.7 Å². The van der Waals surface area contributed by atoms with Crippen molar-refractivity contribution in [1.82, 2.24) is 9.55 Å². The van der Waals surface area contributed by atoms with E-state index in [0.717, 1.165) is 49.3 Å². The van der Waals surface area contributed by atoms with Gasteiger partial charge in [-0.15, -0.1) is 0 Å². The smallest absolute Gasteiger partial charge is 0.138 e. The second-order valence-corrected chi connectivity index (χ2v) is 12.2. The molecule has 0 saturated heterocycles. The van der Waals surface area contributed by atoms with Crippen molar-refractivity contribution in [3.8, 4) is 61.8 Å². The molecule has 0 radical (unpaired) electrons. The number of halogens is 1. The molecular weight excluding hydrogens is 616 g/mol. The third-order valence-corrected chi connectivity index (χ3v) is 9.23. The van der Waals surface area contributed by atoms with Gasteiger partial charge in [0.1, 0.15) is 17.3 Å². The molecule has 45 heavy (non-hydrogen) atoms. The van der Waals surface area contributed by atoms with Gasteiger partial charge in [-0.05, 0) is 81.4 Å². The first-order chi connectivity index (χ1) is 22.2. The van der Waals surface area contributed by atoms with Crippen LogP contribution in [-0.4, -0.2) is 9.55 Å². The van der Waals surface area contributed by atoms with E-state index in [4.69, 9.17) is 9.72 Å². The zero-order valence-electron chi connectivity index (χ0n) is 24.1. The zero-order valence-corrected chi connectivity index (χ0v) is 25.7. The van der Waals surface area contributed by atoms with E-state index in [1.807, 2.05) is 30.3 Å². The highest BCUT2D eigenvalue weighted by atomic mass is 79.9. The summed E-state index contributed by atoms with van der Waals surface area (Å²) in [5, 5.41) is 2.33. The lowest BCUT2D eigenvalue weighted by molar-refractivity contribution is 0.483. The van der Waals surface area contributed by atoms with E-state index in [1.54, 1.807) is 0 Å². The predicted octanol–water partition coefficient (Wildman–Crippen LogP) is 11.7. The summed E-state index contributed by atoms with van der Waals surface area (Å²) in [5.41, 5.74) is 11.7. The van der Waals surface area contributed by atoms with E-state index in [2.05, 4.69) is 142 Å². The molecule has 8 aromatic rings. The molecule has 0 amide bonds. The first-order valence-corrected chi connectivity index (χ1v) is 15.8. The summed E-state index contributed by atoms with van der Waals surface area (Å²) in [6, 6.07) is 51.1. The molecule has 3 nitrogen and oxygen atoms in total. The van der Waals surface area contributed by atoms with Crippen LogP contribution < -0.4 is 4.74 Å². The Morgan fingerprint density at radius 2 is 1.00 bits per heavy atom. The van der Waals surface area contributed by atoms with E-state index >= 15 is 0 Å². The Balaban J connectivity index is 1.31. The fraction of sp³-hybridized carbons (Fsp3) is 0. The third kappa shape index (κ3) is 4.21. The average molecular weight is 642 g/mol. The molecule has 0 N–H and O–H groups in total. The van der Waals surface area contributed by atoms with Gasteiger partial charge in [-0.3, -0.25) is 4.57 Å². The molecule has 2 aromatic heterocycles. The van der Waals surface area contributed by atoms with Gasteiger partial charge in [0.2, 0.25) is 0 Å². The van der Waals surface area contributed by atoms with E-state index in [0.29, 0.717) is 0 Å². The Hall–Kier alpha value is -5.45. The molecule has 0 aliphatic heterocycles. The quantitative estimate of drug-likeness (QED) is 0.192. The lowest BCUT2D eigenvalue weighted by atomic mass is 9.81. The Kier molecular flexibility index (Phi) is 5.97. The van der Waals surface area contributed by atoms with Gasteiger partial charge >= 0.3 is 0 Å². The van der Waals surface area contributed by atoms with E-state index in [9.17, 15) is 0 Å². The van der Waals surface area contributed by atoms with E-state index in [-0.39, 0.29) is 0 Å². The van der Waals surface area contributed by atoms with Crippen molar-refractivity contribution in [2.75, 3.05) is 0 Å². The van der Waals surface area contributed by atoms with E-state index in [1.165, 1.54) is 38.8 Å². The number of fused-ring (bicyclic) bond motifs is 11. The first kappa shape index (κ1) is 26.0. The normalized spacial score (nSPS) is 11.7. The van der Waals surface area contributed by atoms with Crippen LogP contribution in [0.25, 0.3) is 72.1 Å². The number of nitrogens with zero attached hydrogens (tertiary/aromatic N) is 2. The van der Waals surface area contributed by atoms with Gasteiger partial charge in [-0.25, -0.2) is 4.98 Å². The van der Waals surface area contributed by atoms with Crippen LogP contribution in [0.4, 0.5) is 0 Å². The van der Waals surface area contributed by atoms with Crippen molar-refractivity contribution in [2.45, 2.75) is 0 Å². The minimum atomic E-state index is 0.770. The standard InChI is InChI=1S/C41H25BrN2O/c42-26-10-9-11-27(22-26)45-28-20-21-36-35-18-7-8-19-39(35)44(40(36)23-28)41-24-37-33-16-5-3-14-31(33)29-12-1-2-13-30(29)32-15-4-6-17-34(32)38(37)25-43-41/h1-25H.